The Kier molecular flexibility index (Phi) is 3.73. The van der Waals surface area contributed by atoms with E-state index < -0.39 is 46.1 Å². The van der Waals surface area contributed by atoms with Crippen LogP contribution in [-0.2, 0) is 19.2 Å². The normalized spacial score (nSPS) is 38.3. The van der Waals surface area contributed by atoms with Crippen molar-refractivity contribution in [3.8, 4) is 0 Å². The van der Waals surface area contributed by atoms with Gasteiger partial charge in [0.05, 0.1) is 12.5 Å². The van der Waals surface area contributed by atoms with Crippen LogP contribution in [0.2, 0.25) is 0 Å². The number of carbonyl (C=O) groups is 4. The zero-order valence-electron chi connectivity index (χ0n) is 11.3. The van der Waals surface area contributed by atoms with Crippen LogP contribution in [0.5, 0.6) is 0 Å². The summed E-state index contributed by atoms with van der Waals surface area (Å²) in [7, 11) is 0. The second kappa shape index (κ2) is 5.32. The average molecular weight is 346 g/mol. The summed E-state index contributed by atoms with van der Waals surface area (Å²) in [5.74, 6) is -2.33. The first-order valence-electron chi connectivity index (χ1n) is 6.55. The number of hydrogen-bond acceptors (Lipinski definition) is 7. The fraction of sp³-hybridized carbons (Fsp3) is 0.636. The second-order valence-electron chi connectivity index (χ2n) is 5.19. The highest BCUT2D eigenvalue weighted by Gasteiger charge is 2.58. The van der Waals surface area contributed by atoms with Crippen molar-refractivity contribution in [2.45, 2.75) is 28.9 Å². The van der Waals surface area contributed by atoms with Crippen LogP contribution in [-0.4, -0.2) is 67.7 Å². The van der Waals surface area contributed by atoms with Crippen molar-refractivity contribution in [1.29, 1.82) is 0 Å². The smallest absolute Gasteiger partial charge is 0.327 e. The topological polar surface area (TPSA) is 142 Å². The summed E-state index contributed by atoms with van der Waals surface area (Å²) >= 11 is 2.43. The molecule has 4 fully saturated rings. The Balaban J connectivity index is 2.00. The minimum atomic E-state index is -1.14. The number of thioether (sulfide) groups is 2. The second-order valence-corrected chi connectivity index (χ2v) is 7.87. The number of hydrogen-bond donors (Lipinski definition) is 4. The summed E-state index contributed by atoms with van der Waals surface area (Å²) < 4.78 is -1.14. The Hall–Kier alpha value is -1.46. The van der Waals surface area contributed by atoms with Crippen LogP contribution in [0.4, 0.5) is 0 Å². The van der Waals surface area contributed by atoms with Crippen LogP contribution in [0, 0.1) is 0 Å². The van der Waals surface area contributed by atoms with Crippen LogP contribution >= 0.6 is 23.5 Å². The molecule has 0 saturated carbocycles. The summed E-state index contributed by atoms with van der Waals surface area (Å²) in [4.78, 5) is 49.1. The zero-order valence-corrected chi connectivity index (χ0v) is 12.9. The number of carboxylic acids is 1. The van der Waals surface area contributed by atoms with Gasteiger partial charge in [0.15, 0.2) is 0 Å². The van der Waals surface area contributed by atoms with Crippen LogP contribution in [0.15, 0.2) is 0 Å². The molecule has 1 spiro atoms. The molecule has 0 aromatic rings. The molecule has 5 N–H and O–H groups in total. The molecule has 4 aliphatic rings. The maximum atomic E-state index is 12.6. The van der Waals surface area contributed by atoms with Gasteiger partial charge >= 0.3 is 5.97 Å². The Morgan fingerprint density at radius 3 is 2.68 bits per heavy atom. The lowest BCUT2D eigenvalue weighted by Gasteiger charge is -2.45. The van der Waals surface area contributed by atoms with Crippen molar-refractivity contribution in [1.82, 2.24) is 15.5 Å². The summed E-state index contributed by atoms with van der Waals surface area (Å²) in [5, 5.41) is 14.5. The molecule has 120 valence electrons. The van der Waals surface area contributed by atoms with Crippen molar-refractivity contribution in [2.24, 2.45) is 5.73 Å². The maximum Gasteiger partial charge on any atom is 0.327 e. The Bertz CT molecular complexity index is 573. The monoisotopic (exact) mass is 346 g/mol. The van der Waals surface area contributed by atoms with Crippen molar-refractivity contribution >= 4 is 47.2 Å². The highest BCUT2D eigenvalue weighted by atomic mass is 32.2. The van der Waals surface area contributed by atoms with Crippen molar-refractivity contribution in [2.75, 3.05) is 11.5 Å². The lowest BCUT2D eigenvalue weighted by molar-refractivity contribution is -0.152. The van der Waals surface area contributed by atoms with Gasteiger partial charge in [-0.25, -0.2) is 4.79 Å². The van der Waals surface area contributed by atoms with E-state index in [2.05, 4.69) is 10.6 Å². The van der Waals surface area contributed by atoms with Gasteiger partial charge in [-0.1, -0.05) is 23.5 Å². The first-order chi connectivity index (χ1) is 10.3. The Morgan fingerprint density at radius 2 is 2.00 bits per heavy atom. The van der Waals surface area contributed by atoms with Gasteiger partial charge in [0.2, 0.25) is 22.0 Å². The molecule has 4 saturated heterocycles. The van der Waals surface area contributed by atoms with Gasteiger partial charge in [-0.05, 0) is 0 Å². The van der Waals surface area contributed by atoms with Gasteiger partial charge in [0, 0.05) is 11.5 Å². The van der Waals surface area contributed by atoms with E-state index in [1.807, 2.05) is 0 Å². The molecule has 0 aromatic heterocycles. The van der Waals surface area contributed by atoms with Crippen molar-refractivity contribution in [3.05, 3.63) is 0 Å². The van der Waals surface area contributed by atoms with E-state index in [1.165, 1.54) is 23.5 Å². The minimum absolute atomic E-state index is 0.168. The lowest BCUT2D eigenvalue weighted by Crippen LogP contribution is -2.69. The zero-order chi connectivity index (χ0) is 16.1. The molecule has 22 heavy (non-hydrogen) atoms. The summed E-state index contributed by atoms with van der Waals surface area (Å²) in [6.07, 6.45) is -0.221. The average Bonchev–Trinajstić information content (AvgIpc) is 2.81. The number of carbonyl (C=O) groups excluding carboxylic acids is 3. The summed E-state index contributed by atoms with van der Waals surface area (Å²) in [5.41, 5.74) is 5.64. The van der Waals surface area contributed by atoms with Gasteiger partial charge in [-0.2, -0.15) is 0 Å². The molecule has 4 aliphatic heterocycles. The van der Waals surface area contributed by atoms with Crippen LogP contribution in [0.25, 0.3) is 0 Å². The molecule has 0 aliphatic carbocycles. The molecule has 0 radical (unpaired) electrons. The fourth-order valence-electron chi connectivity index (χ4n) is 2.60. The molecular formula is C11H14N4O5S2. The largest absolute Gasteiger partial charge is 0.480 e. The first-order valence-corrected chi connectivity index (χ1v) is 8.52. The third-order valence-corrected chi connectivity index (χ3v) is 6.76. The maximum absolute atomic E-state index is 12.6. The van der Waals surface area contributed by atoms with E-state index in [0.717, 1.165) is 4.90 Å². The van der Waals surface area contributed by atoms with Gasteiger partial charge in [-0.3, -0.25) is 19.3 Å². The van der Waals surface area contributed by atoms with E-state index in [9.17, 15) is 24.3 Å². The van der Waals surface area contributed by atoms with E-state index in [4.69, 9.17) is 5.73 Å². The van der Waals surface area contributed by atoms with Crippen molar-refractivity contribution < 1.29 is 24.3 Å². The standard InChI is InChI=1S/C11H14N4O5S2/c12-4-1-7(16)14-11-15(6(3-22-11)10(19)20)9(18)5(2-21-11)13-8(4)17/h4-6H,1-3,12H2,(H,13,17)(H,14,16)(H,19,20)/t4?,5-,6?,11?/m1/s1. The number of nitrogens with one attached hydrogen (secondary N) is 2. The molecule has 11 heteroatoms. The van der Waals surface area contributed by atoms with E-state index >= 15 is 0 Å². The lowest BCUT2D eigenvalue weighted by atomic mass is 10.1. The SMILES string of the molecule is NC1CC(=O)NC23SCC(C(=O)O)N2C(=O)[C@@H](CS3)NC1=O. The summed E-state index contributed by atoms with van der Waals surface area (Å²) in [6.45, 7) is 0. The minimum Gasteiger partial charge on any atom is -0.480 e. The third kappa shape index (κ3) is 2.32. The van der Waals surface area contributed by atoms with Crippen molar-refractivity contribution in [3.63, 3.8) is 0 Å². The number of carboxylic acid groups (broad SMARTS) is 1. The van der Waals surface area contributed by atoms with Crippen LogP contribution in [0.1, 0.15) is 6.42 Å². The molecule has 4 atom stereocenters. The van der Waals surface area contributed by atoms with E-state index in [-0.39, 0.29) is 17.9 Å². The number of nitrogens with zero attached hydrogens (tertiary/aromatic N) is 1. The number of fused-ring (bicyclic) bond motifs is 6. The fourth-order valence-corrected chi connectivity index (χ4v) is 5.72. The predicted octanol–water partition coefficient (Wildman–Crippen LogP) is -2.29. The van der Waals surface area contributed by atoms with Crippen LogP contribution < -0.4 is 16.4 Å². The molecule has 4 rings (SSSR count). The molecule has 3 unspecified atom stereocenters. The number of amides is 3. The Morgan fingerprint density at radius 1 is 1.32 bits per heavy atom. The van der Waals surface area contributed by atoms with Gasteiger partial charge in [0.1, 0.15) is 12.1 Å². The molecule has 0 aromatic carbocycles. The number of nitrogens with two attached hydrogens (primary N) is 1. The molecule has 3 amide bonds. The number of rotatable bonds is 1. The predicted molar refractivity (Wildman–Crippen MR) is 78.6 cm³/mol. The molecule has 9 nitrogen and oxygen atoms in total. The van der Waals surface area contributed by atoms with Crippen LogP contribution in [0.3, 0.4) is 0 Å². The molecular weight excluding hydrogens is 332 g/mol. The molecule has 4 heterocycles. The van der Waals surface area contributed by atoms with E-state index in [1.54, 1.807) is 0 Å². The summed E-state index contributed by atoms with van der Waals surface area (Å²) in [6, 6.07) is -2.92. The van der Waals surface area contributed by atoms with E-state index in [0.29, 0.717) is 0 Å². The highest BCUT2D eigenvalue weighted by molar-refractivity contribution is 8.18. The highest BCUT2D eigenvalue weighted by Crippen LogP contribution is 2.49. The third-order valence-electron chi connectivity index (χ3n) is 3.69. The number of aliphatic carboxylic acids is 1. The Labute approximate surface area is 133 Å². The van der Waals surface area contributed by atoms with Gasteiger partial charge in [0.25, 0.3) is 0 Å². The molecule has 2 bridgehead atoms. The van der Waals surface area contributed by atoms with Gasteiger partial charge < -0.3 is 21.5 Å². The quantitative estimate of drug-likeness (QED) is 0.415. The van der Waals surface area contributed by atoms with Gasteiger partial charge in [-0.15, -0.1) is 0 Å². The first kappa shape index (κ1) is 15.4.